The number of rotatable bonds is 6. The lowest BCUT2D eigenvalue weighted by Crippen LogP contribution is -2.20. The lowest BCUT2D eigenvalue weighted by Gasteiger charge is -2.21. The first-order chi connectivity index (χ1) is 13.5. The minimum atomic E-state index is -3.91. The Morgan fingerprint density at radius 1 is 1.21 bits per heavy atom. The number of benzene rings is 1. The van der Waals surface area contributed by atoms with E-state index in [9.17, 15) is 8.42 Å². The van der Waals surface area contributed by atoms with E-state index in [-0.39, 0.29) is 4.90 Å². The number of nitrogens with zero attached hydrogens (tertiary/aromatic N) is 6. The first-order valence-corrected chi connectivity index (χ1v) is 10.5. The predicted octanol–water partition coefficient (Wildman–Crippen LogP) is 0.524. The highest BCUT2D eigenvalue weighted by atomic mass is 32.2. The molecule has 11 heteroatoms. The Morgan fingerprint density at radius 2 is 2.00 bits per heavy atom. The van der Waals surface area contributed by atoms with Crippen molar-refractivity contribution in [2.24, 2.45) is 11.1 Å². The average Bonchev–Trinajstić information content (AvgIpc) is 3.32. The quantitative estimate of drug-likeness (QED) is 0.635. The van der Waals surface area contributed by atoms with Crippen molar-refractivity contribution in [1.29, 1.82) is 0 Å². The summed E-state index contributed by atoms with van der Waals surface area (Å²) < 4.78 is 32.8. The molecule has 0 aliphatic carbocycles. The van der Waals surface area contributed by atoms with E-state index in [4.69, 9.17) is 9.88 Å². The Balaban J connectivity index is 1.75. The van der Waals surface area contributed by atoms with E-state index in [0.29, 0.717) is 36.2 Å². The van der Waals surface area contributed by atoms with Crippen molar-refractivity contribution in [3.8, 4) is 5.69 Å². The molecule has 2 aromatic heterocycles. The van der Waals surface area contributed by atoms with E-state index in [1.165, 1.54) is 12.4 Å². The van der Waals surface area contributed by atoms with Gasteiger partial charge in [-0.3, -0.25) is 0 Å². The smallest absolute Gasteiger partial charge is 0.240 e. The number of sulfonamides is 1. The fraction of sp³-hybridized carbons (Fsp3) is 0.412. The Morgan fingerprint density at radius 3 is 2.71 bits per heavy atom. The summed E-state index contributed by atoms with van der Waals surface area (Å²) in [6, 6.07) is 6.54. The molecular weight excluding hydrogens is 382 g/mol. The van der Waals surface area contributed by atoms with Crippen molar-refractivity contribution in [3.05, 3.63) is 48.6 Å². The van der Waals surface area contributed by atoms with Gasteiger partial charge in [-0.05, 0) is 30.9 Å². The Kier molecular flexibility index (Phi) is 5.20. The second kappa shape index (κ2) is 7.78. The van der Waals surface area contributed by atoms with Crippen LogP contribution in [-0.4, -0.2) is 51.2 Å². The number of hydrogen-bond acceptors (Lipinski definition) is 7. The van der Waals surface area contributed by atoms with Gasteiger partial charge in [-0.25, -0.2) is 32.9 Å². The van der Waals surface area contributed by atoms with Crippen molar-refractivity contribution in [1.82, 2.24) is 29.5 Å². The van der Waals surface area contributed by atoms with Gasteiger partial charge in [0.05, 0.1) is 5.69 Å². The minimum absolute atomic E-state index is 0.0143. The predicted molar refractivity (Wildman–Crippen MR) is 99.1 cm³/mol. The van der Waals surface area contributed by atoms with E-state index in [0.717, 1.165) is 26.1 Å². The molecule has 28 heavy (non-hydrogen) atoms. The molecule has 3 aromatic rings. The summed E-state index contributed by atoms with van der Waals surface area (Å²) in [4.78, 5) is 8.61. The zero-order valence-corrected chi connectivity index (χ0v) is 16.0. The molecule has 10 nitrogen and oxygen atoms in total. The van der Waals surface area contributed by atoms with Gasteiger partial charge in [0.1, 0.15) is 29.9 Å². The van der Waals surface area contributed by atoms with E-state index in [2.05, 4.69) is 20.2 Å². The van der Waals surface area contributed by atoms with Crippen LogP contribution in [-0.2, 0) is 27.7 Å². The van der Waals surface area contributed by atoms with Crippen LogP contribution in [0.15, 0.2) is 41.8 Å². The van der Waals surface area contributed by atoms with Gasteiger partial charge in [0.25, 0.3) is 0 Å². The molecule has 3 heterocycles. The van der Waals surface area contributed by atoms with E-state index < -0.39 is 10.0 Å². The Labute approximate surface area is 162 Å². The van der Waals surface area contributed by atoms with E-state index in [1.807, 2.05) is 0 Å². The third kappa shape index (κ3) is 4.11. The molecule has 0 atom stereocenters. The van der Waals surface area contributed by atoms with Gasteiger partial charge < -0.3 is 4.74 Å². The molecule has 1 aliphatic rings. The van der Waals surface area contributed by atoms with E-state index >= 15 is 0 Å². The molecule has 0 bridgehead atoms. The van der Waals surface area contributed by atoms with Gasteiger partial charge in [-0.2, -0.15) is 5.10 Å². The van der Waals surface area contributed by atoms with E-state index in [1.54, 1.807) is 33.9 Å². The summed E-state index contributed by atoms with van der Waals surface area (Å²) >= 11 is 0. The number of nitrogens with two attached hydrogens (primary N) is 1. The Hall–Kier alpha value is -2.63. The van der Waals surface area contributed by atoms with Crippen molar-refractivity contribution in [2.45, 2.75) is 30.7 Å². The third-order valence-electron chi connectivity index (χ3n) is 4.70. The molecule has 0 amide bonds. The molecule has 1 fully saturated rings. The molecule has 1 aliphatic heterocycles. The average molecular weight is 403 g/mol. The third-order valence-corrected chi connectivity index (χ3v) is 5.66. The van der Waals surface area contributed by atoms with Crippen molar-refractivity contribution < 1.29 is 13.2 Å². The summed E-state index contributed by atoms with van der Waals surface area (Å²) in [5, 5.41) is 14.1. The topological polar surface area (TPSA) is 131 Å². The van der Waals surface area contributed by atoms with Gasteiger partial charge >= 0.3 is 0 Å². The highest BCUT2D eigenvalue weighted by molar-refractivity contribution is 7.89. The van der Waals surface area contributed by atoms with Gasteiger partial charge in [0, 0.05) is 19.6 Å². The lowest BCUT2D eigenvalue weighted by atomic mass is 9.96. The van der Waals surface area contributed by atoms with Crippen molar-refractivity contribution in [3.63, 3.8) is 0 Å². The fourth-order valence-corrected chi connectivity index (χ4v) is 4.04. The SMILES string of the molecule is NS(=O)(=O)c1ccccc1-n1nc(Cn2cncn2)nc1CC1CCOCC1. The summed E-state index contributed by atoms with van der Waals surface area (Å²) in [5.74, 6) is 1.62. The molecule has 4 rings (SSSR count). The molecule has 0 saturated carbocycles. The number of para-hydroxylation sites is 1. The molecule has 148 valence electrons. The summed E-state index contributed by atoms with van der Waals surface area (Å²) in [7, 11) is -3.91. The summed E-state index contributed by atoms with van der Waals surface area (Å²) in [6.07, 6.45) is 5.56. The summed E-state index contributed by atoms with van der Waals surface area (Å²) in [6.45, 7) is 1.78. The molecule has 2 N–H and O–H groups in total. The molecule has 0 radical (unpaired) electrons. The maximum absolute atomic E-state index is 12.1. The van der Waals surface area contributed by atoms with Gasteiger partial charge in [-0.15, -0.1) is 5.10 Å². The van der Waals surface area contributed by atoms with Crippen molar-refractivity contribution >= 4 is 10.0 Å². The maximum Gasteiger partial charge on any atom is 0.240 e. The first-order valence-electron chi connectivity index (χ1n) is 8.98. The van der Waals surface area contributed by atoms with Crippen LogP contribution in [0.5, 0.6) is 0 Å². The Bertz CT molecular complexity index is 1040. The number of aromatic nitrogens is 6. The summed E-state index contributed by atoms with van der Waals surface area (Å²) in [5.41, 5.74) is 0.393. The fourth-order valence-electron chi connectivity index (χ4n) is 3.32. The van der Waals surface area contributed by atoms with Gasteiger partial charge in [0.2, 0.25) is 10.0 Å². The van der Waals surface area contributed by atoms with Gasteiger partial charge in [-0.1, -0.05) is 12.1 Å². The highest BCUT2D eigenvalue weighted by Gasteiger charge is 2.23. The molecule has 0 spiro atoms. The molecular formula is C17H21N7O3S. The standard InChI is InChI=1S/C17H21N7O3S/c18-28(25,26)15-4-2-1-3-14(15)24-17(9-13-5-7-27-8-6-13)21-16(22-24)10-23-12-19-11-20-23/h1-4,11-13H,5-10H2,(H2,18,25,26). The minimum Gasteiger partial charge on any atom is -0.381 e. The van der Waals surface area contributed by atoms with Crippen LogP contribution in [0.25, 0.3) is 5.69 Å². The second-order valence-electron chi connectivity index (χ2n) is 6.72. The second-order valence-corrected chi connectivity index (χ2v) is 8.25. The maximum atomic E-state index is 12.1. The zero-order valence-electron chi connectivity index (χ0n) is 15.2. The number of hydrogen-bond donors (Lipinski definition) is 1. The van der Waals surface area contributed by atoms with Crippen molar-refractivity contribution in [2.75, 3.05) is 13.2 Å². The number of primary sulfonamides is 1. The van der Waals surface area contributed by atoms with Crippen LogP contribution in [0.4, 0.5) is 0 Å². The number of ether oxygens (including phenoxy) is 1. The molecule has 1 aromatic carbocycles. The molecule has 1 saturated heterocycles. The van der Waals surface area contributed by atoms with Crippen LogP contribution < -0.4 is 5.14 Å². The lowest BCUT2D eigenvalue weighted by molar-refractivity contribution is 0.0658. The monoisotopic (exact) mass is 403 g/mol. The van der Waals surface area contributed by atoms with Gasteiger partial charge in [0.15, 0.2) is 5.82 Å². The van der Waals surface area contributed by atoms with Crippen LogP contribution in [0.3, 0.4) is 0 Å². The first kappa shape index (κ1) is 18.7. The van der Waals surface area contributed by atoms with Crippen LogP contribution in [0, 0.1) is 5.92 Å². The highest BCUT2D eigenvalue weighted by Crippen LogP contribution is 2.24. The van der Waals surface area contributed by atoms with Crippen LogP contribution in [0.2, 0.25) is 0 Å². The zero-order chi connectivity index (χ0) is 19.6. The largest absolute Gasteiger partial charge is 0.381 e. The van der Waals surface area contributed by atoms with Crippen LogP contribution >= 0.6 is 0 Å². The normalized spacial score (nSPS) is 15.8. The molecule has 0 unspecified atom stereocenters. The van der Waals surface area contributed by atoms with Crippen LogP contribution in [0.1, 0.15) is 24.5 Å².